The number of nitrogens with zero attached hydrogens (tertiary/aromatic N) is 2. The fourth-order valence-electron chi connectivity index (χ4n) is 1.14. The summed E-state index contributed by atoms with van der Waals surface area (Å²) in [7, 11) is 3.79. The first-order valence-corrected chi connectivity index (χ1v) is 4.72. The van der Waals surface area contributed by atoms with Crippen LogP contribution in [0, 0.1) is 10.6 Å². The molecule has 1 rings (SSSR count). The highest BCUT2D eigenvalue weighted by Gasteiger charge is 2.11. The predicted molar refractivity (Wildman–Crippen MR) is 58.8 cm³/mol. The zero-order chi connectivity index (χ0) is 9.30. The Bertz CT molecular complexity index is 314. The lowest BCUT2D eigenvalue weighted by Crippen LogP contribution is -2.08. The van der Waals surface area contributed by atoms with E-state index < -0.39 is 0 Å². The maximum atomic E-state index is 4.28. The molecule has 1 aromatic heterocycles. The second kappa shape index (κ2) is 3.47. The van der Waals surface area contributed by atoms with E-state index in [1.807, 2.05) is 25.7 Å². The summed E-state index contributed by atoms with van der Waals surface area (Å²) < 4.78 is 2.87. The summed E-state index contributed by atoms with van der Waals surface area (Å²) in [5.74, 6) is 0. The Morgan fingerprint density at radius 1 is 1.67 bits per heavy atom. The number of aromatic nitrogens is 2. The van der Waals surface area contributed by atoms with Gasteiger partial charge in [-0.3, -0.25) is 4.68 Å². The average Bonchev–Trinajstić information content (AvgIpc) is 2.26. The van der Waals surface area contributed by atoms with Crippen LogP contribution < -0.4 is 5.32 Å². The highest BCUT2D eigenvalue weighted by Crippen LogP contribution is 2.18. The topological polar surface area (TPSA) is 29.9 Å². The van der Waals surface area contributed by atoms with E-state index in [1.54, 1.807) is 0 Å². The van der Waals surface area contributed by atoms with E-state index in [-0.39, 0.29) is 0 Å². The molecule has 1 aromatic rings. The molecule has 66 valence electrons. The van der Waals surface area contributed by atoms with Gasteiger partial charge in [-0.05, 0) is 29.5 Å². The molecule has 12 heavy (non-hydrogen) atoms. The van der Waals surface area contributed by atoms with Crippen LogP contribution in [0.15, 0.2) is 6.58 Å². The van der Waals surface area contributed by atoms with Gasteiger partial charge in [-0.25, -0.2) is 0 Å². The number of hydrogen-bond acceptors (Lipinski definition) is 2. The lowest BCUT2D eigenvalue weighted by molar-refractivity contribution is 0.743. The standard InChI is InChI=1S/C8H12IN3/c1-5-7(6(2)10-3)12(4)11-8(5)9/h10H,2H2,1,3-4H3. The third-order valence-corrected chi connectivity index (χ3v) is 2.84. The smallest absolute Gasteiger partial charge is 0.126 e. The zero-order valence-electron chi connectivity index (χ0n) is 7.48. The summed E-state index contributed by atoms with van der Waals surface area (Å²) in [6.07, 6.45) is 0. The van der Waals surface area contributed by atoms with Gasteiger partial charge in [0.15, 0.2) is 0 Å². The fraction of sp³-hybridized carbons (Fsp3) is 0.375. The molecule has 0 aliphatic rings. The first-order valence-electron chi connectivity index (χ1n) is 3.64. The van der Waals surface area contributed by atoms with Gasteiger partial charge < -0.3 is 5.32 Å². The van der Waals surface area contributed by atoms with E-state index in [1.165, 1.54) is 5.56 Å². The number of aryl methyl sites for hydroxylation is 1. The average molecular weight is 277 g/mol. The van der Waals surface area contributed by atoms with E-state index in [0.717, 1.165) is 15.1 Å². The first kappa shape index (κ1) is 9.57. The highest BCUT2D eigenvalue weighted by atomic mass is 127. The molecule has 1 N–H and O–H groups in total. The van der Waals surface area contributed by atoms with Crippen molar-refractivity contribution in [1.82, 2.24) is 15.1 Å². The summed E-state index contributed by atoms with van der Waals surface area (Å²) in [6, 6.07) is 0. The van der Waals surface area contributed by atoms with Crippen molar-refractivity contribution in [3.8, 4) is 0 Å². The molecule has 0 bridgehead atoms. The maximum Gasteiger partial charge on any atom is 0.126 e. The van der Waals surface area contributed by atoms with Crippen LogP contribution in [0.2, 0.25) is 0 Å². The molecule has 0 fully saturated rings. The monoisotopic (exact) mass is 277 g/mol. The lowest BCUT2D eigenvalue weighted by Gasteiger charge is -2.05. The maximum absolute atomic E-state index is 4.28. The summed E-state index contributed by atoms with van der Waals surface area (Å²) in [5, 5.41) is 7.30. The van der Waals surface area contributed by atoms with E-state index in [2.05, 4.69) is 39.6 Å². The Balaban J connectivity index is 3.22. The van der Waals surface area contributed by atoms with Crippen LogP contribution in [0.3, 0.4) is 0 Å². The van der Waals surface area contributed by atoms with Gasteiger partial charge in [0.1, 0.15) is 3.70 Å². The molecular formula is C8H12IN3. The second-order valence-electron chi connectivity index (χ2n) is 2.62. The quantitative estimate of drug-likeness (QED) is 0.831. The van der Waals surface area contributed by atoms with Gasteiger partial charge in [0.2, 0.25) is 0 Å². The van der Waals surface area contributed by atoms with Gasteiger partial charge in [0.25, 0.3) is 0 Å². The van der Waals surface area contributed by atoms with Crippen LogP contribution in [-0.2, 0) is 7.05 Å². The highest BCUT2D eigenvalue weighted by molar-refractivity contribution is 14.1. The van der Waals surface area contributed by atoms with Crippen molar-refractivity contribution in [2.75, 3.05) is 7.05 Å². The molecule has 0 unspecified atom stereocenters. The minimum absolute atomic E-state index is 0.908. The van der Waals surface area contributed by atoms with Crippen molar-refractivity contribution in [2.45, 2.75) is 6.92 Å². The number of nitrogens with one attached hydrogen (secondary N) is 1. The molecule has 0 amide bonds. The van der Waals surface area contributed by atoms with Crippen LogP contribution >= 0.6 is 22.6 Å². The van der Waals surface area contributed by atoms with Gasteiger partial charge in [-0.15, -0.1) is 0 Å². The van der Waals surface area contributed by atoms with Crippen LogP contribution in [0.1, 0.15) is 11.3 Å². The Kier molecular flexibility index (Phi) is 2.76. The fourth-order valence-corrected chi connectivity index (χ4v) is 1.72. The van der Waals surface area contributed by atoms with E-state index in [9.17, 15) is 0 Å². The van der Waals surface area contributed by atoms with Gasteiger partial charge in [-0.1, -0.05) is 6.58 Å². The van der Waals surface area contributed by atoms with E-state index >= 15 is 0 Å². The van der Waals surface area contributed by atoms with Crippen molar-refractivity contribution in [3.63, 3.8) is 0 Å². The summed E-state index contributed by atoms with van der Waals surface area (Å²) in [4.78, 5) is 0. The number of hydrogen-bond donors (Lipinski definition) is 1. The van der Waals surface area contributed by atoms with Gasteiger partial charge >= 0.3 is 0 Å². The van der Waals surface area contributed by atoms with Crippen molar-refractivity contribution in [1.29, 1.82) is 0 Å². The molecule has 0 radical (unpaired) electrons. The van der Waals surface area contributed by atoms with Crippen LogP contribution in [0.5, 0.6) is 0 Å². The first-order chi connectivity index (χ1) is 5.57. The molecular weight excluding hydrogens is 265 g/mol. The number of rotatable bonds is 2. The second-order valence-corrected chi connectivity index (χ2v) is 3.64. The van der Waals surface area contributed by atoms with Crippen LogP contribution in [0.25, 0.3) is 5.70 Å². The lowest BCUT2D eigenvalue weighted by atomic mass is 10.2. The Hall–Kier alpha value is -0.520. The normalized spacial score (nSPS) is 10.0. The molecule has 0 aliphatic carbocycles. The van der Waals surface area contributed by atoms with Crippen molar-refractivity contribution < 1.29 is 0 Å². The Labute approximate surface area is 86.0 Å². The third-order valence-electron chi connectivity index (χ3n) is 1.81. The van der Waals surface area contributed by atoms with Crippen LogP contribution in [-0.4, -0.2) is 16.8 Å². The largest absolute Gasteiger partial charge is 0.387 e. The van der Waals surface area contributed by atoms with E-state index in [0.29, 0.717) is 0 Å². The zero-order valence-corrected chi connectivity index (χ0v) is 9.64. The van der Waals surface area contributed by atoms with Crippen molar-refractivity contribution in [3.05, 3.63) is 21.5 Å². The summed E-state index contributed by atoms with van der Waals surface area (Å²) in [5.41, 5.74) is 3.16. The summed E-state index contributed by atoms with van der Waals surface area (Å²) >= 11 is 2.22. The minimum atomic E-state index is 0.908. The molecule has 0 aliphatic heterocycles. The molecule has 1 heterocycles. The van der Waals surface area contributed by atoms with Crippen LogP contribution in [0.4, 0.5) is 0 Å². The molecule has 0 atom stereocenters. The third kappa shape index (κ3) is 1.48. The molecule has 0 saturated carbocycles. The number of halogens is 1. The molecule has 3 nitrogen and oxygen atoms in total. The van der Waals surface area contributed by atoms with Crippen molar-refractivity contribution in [2.24, 2.45) is 7.05 Å². The Morgan fingerprint density at radius 3 is 2.58 bits per heavy atom. The molecule has 0 spiro atoms. The van der Waals surface area contributed by atoms with Gasteiger partial charge in [0, 0.05) is 19.7 Å². The Morgan fingerprint density at radius 2 is 2.25 bits per heavy atom. The molecule has 0 saturated heterocycles. The van der Waals surface area contributed by atoms with Gasteiger partial charge in [0.05, 0.1) is 11.4 Å². The predicted octanol–water partition coefficient (Wildman–Crippen LogP) is 1.52. The SMILES string of the molecule is C=C(NC)c1c(C)c(I)nn1C. The molecule has 0 aromatic carbocycles. The van der Waals surface area contributed by atoms with Gasteiger partial charge in [-0.2, -0.15) is 5.10 Å². The minimum Gasteiger partial charge on any atom is -0.387 e. The van der Waals surface area contributed by atoms with E-state index in [4.69, 9.17) is 0 Å². The summed E-state index contributed by atoms with van der Waals surface area (Å²) in [6.45, 7) is 5.95. The molecule has 4 heteroatoms. The van der Waals surface area contributed by atoms with Crippen molar-refractivity contribution >= 4 is 28.3 Å².